The zero-order chi connectivity index (χ0) is 18.2. The molecule has 3 atom stereocenters. The Hall–Kier alpha value is -2.11. The van der Waals surface area contributed by atoms with Crippen LogP contribution in [0.1, 0.15) is 31.9 Å². The van der Waals surface area contributed by atoms with Gasteiger partial charge in [-0.05, 0) is 39.3 Å². The third-order valence-corrected chi connectivity index (χ3v) is 5.88. The highest BCUT2D eigenvalue weighted by Gasteiger charge is 2.71. The van der Waals surface area contributed by atoms with E-state index in [1.165, 1.54) is 0 Å². The number of aryl methyl sites for hydroxylation is 1. The van der Waals surface area contributed by atoms with Crippen molar-refractivity contribution in [2.45, 2.75) is 50.4 Å². The smallest absolute Gasteiger partial charge is 0.344 e. The van der Waals surface area contributed by atoms with Crippen molar-refractivity contribution in [3.8, 4) is 5.75 Å². The minimum atomic E-state index is -1.06. The fourth-order valence-corrected chi connectivity index (χ4v) is 4.38. The summed E-state index contributed by atoms with van der Waals surface area (Å²) >= 11 is 0. The van der Waals surface area contributed by atoms with Crippen LogP contribution in [0, 0.1) is 6.92 Å². The van der Waals surface area contributed by atoms with E-state index in [4.69, 9.17) is 13.9 Å². The summed E-state index contributed by atoms with van der Waals surface area (Å²) < 4.78 is 17.7. The summed E-state index contributed by atoms with van der Waals surface area (Å²) in [5.41, 5.74) is -1.40. The van der Waals surface area contributed by atoms with Gasteiger partial charge in [-0.3, -0.25) is 0 Å². The predicted molar refractivity (Wildman–Crippen MR) is 94.2 cm³/mol. The first-order valence-corrected chi connectivity index (χ1v) is 8.39. The van der Waals surface area contributed by atoms with E-state index >= 15 is 0 Å². The van der Waals surface area contributed by atoms with Crippen molar-refractivity contribution in [1.82, 2.24) is 0 Å². The molecule has 2 aliphatic rings. The SMILES string of the molecule is C=C[C@]1(C)c2c(c3c(C)cccc3oc2=O)OC[C@@]12OC(C)(C)[C@@H]2O. The van der Waals surface area contributed by atoms with Crippen molar-refractivity contribution in [2.75, 3.05) is 6.61 Å². The van der Waals surface area contributed by atoms with Crippen molar-refractivity contribution in [2.24, 2.45) is 0 Å². The molecule has 2 aliphatic heterocycles. The summed E-state index contributed by atoms with van der Waals surface area (Å²) in [4.78, 5) is 12.8. The monoisotopic (exact) mass is 342 g/mol. The standard InChI is InChI=1S/C20H22O5/c1-6-19(5)14-15(23-10-20(19)17(22)18(3,4)25-20)13-11(2)8-7-9-12(13)24-16(14)21/h6-9,17,22H,1,10H2,2-5H3/t17-,19+,20-/m0/s1. The second-order valence-electron chi connectivity index (χ2n) is 7.73. The largest absolute Gasteiger partial charge is 0.489 e. The molecule has 0 unspecified atom stereocenters. The van der Waals surface area contributed by atoms with Crippen molar-refractivity contribution < 1.29 is 19.0 Å². The van der Waals surface area contributed by atoms with Gasteiger partial charge in [-0.25, -0.2) is 4.79 Å². The zero-order valence-electron chi connectivity index (χ0n) is 14.9. The van der Waals surface area contributed by atoms with Crippen molar-refractivity contribution in [3.05, 3.63) is 52.4 Å². The molecule has 1 saturated heterocycles. The third kappa shape index (κ3) is 1.77. The number of aliphatic hydroxyl groups excluding tert-OH is 1. The van der Waals surface area contributed by atoms with Crippen LogP contribution in [0.3, 0.4) is 0 Å². The quantitative estimate of drug-likeness (QED) is 0.637. The van der Waals surface area contributed by atoms with Gasteiger partial charge in [0.25, 0.3) is 0 Å². The van der Waals surface area contributed by atoms with E-state index in [1.54, 1.807) is 12.1 Å². The van der Waals surface area contributed by atoms with Crippen LogP contribution in [0.4, 0.5) is 0 Å². The molecule has 5 nitrogen and oxygen atoms in total. The van der Waals surface area contributed by atoms with E-state index in [-0.39, 0.29) is 6.61 Å². The van der Waals surface area contributed by atoms with E-state index in [1.807, 2.05) is 39.8 Å². The lowest BCUT2D eigenvalue weighted by Crippen LogP contribution is -2.80. The Kier molecular flexibility index (Phi) is 3.10. The van der Waals surface area contributed by atoms with E-state index in [0.717, 1.165) is 10.9 Å². The first-order valence-electron chi connectivity index (χ1n) is 8.39. The Balaban J connectivity index is 2.05. The number of ether oxygens (including phenoxy) is 2. The molecule has 0 saturated carbocycles. The molecule has 1 spiro atoms. The molecule has 1 fully saturated rings. The first-order chi connectivity index (χ1) is 11.7. The molecule has 3 heterocycles. The number of rotatable bonds is 1. The van der Waals surface area contributed by atoms with Gasteiger partial charge in [0.05, 0.1) is 22.0 Å². The summed E-state index contributed by atoms with van der Waals surface area (Å²) in [6.45, 7) is 11.5. The summed E-state index contributed by atoms with van der Waals surface area (Å²) in [5, 5.41) is 11.6. The highest BCUT2D eigenvalue weighted by molar-refractivity contribution is 5.88. The van der Waals surface area contributed by atoms with E-state index < -0.39 is 28.3 Å². The van der Waals surface area contributed by atoms with Crippen LogP contribution >= 0.6 is 0 Å². The molecular formula is C20H22O5. The van der Waals surface area contributed by atoms with Gasteiger partial charge < -0.3 is 19.0 Å². The van der Waals surface area contributed by atoms with Gasteiger partial charge in [0.2, 0.25) is 0 Å². The van der Waals surface area contributed by atoms with Crippen LogP contribution < -0.4 is 10.4 Å². The molecule has 4 rings (SSSR count). The molecule has 5 heteroatoms. The normalized spacial score (nSPS) is 32.8. The van der Waals surface area contributed by atoms with Crippen LogP contribution in [0.15, 0.2) is 40.1 Å². The Morgan fingerprint density at radius 3 is 2.64 bits per heavy atom. The van der Waals surface area contributed by atoms with Gasteiger partial charge in [0.1, 0.15) is 29.6 Å². The second kappa shape index (κ2) is 4.74. The molecular weight excluding hydrogens is 320 g/mol. The summed E-state index contributed by atoms with van der Waals surface area (Å²) in [7, 11) is 0. The highest BCUT2D eigenvalue weighted by Crippen LogP contribution is 2.57. The molecule has 0 amide bonds. The van der Waals surface area contributed by atoms with E-state index in [0.29, 0.717) is 16.9 Å². The maximum Gasteiger partial charge on any atom is 0.344 e. The fourth-order valence-electron chi connectivity index (χ4n) is 4.38. The molecule has 1 aromatic carbocycles. The minimum Gasteiger partial charge on any atom is -0.489 e. The van der Waals surface area contributed by atoms with Gasteiger partial charge in [0.15, 0.2) is 0 Å². The number of hydrogen-bond donors (Lipinski definition) is 1. The highest BCUT2D eigenvalue weighted by atomic mass is 16.6. The Morgan fingerprint density at radius 2 is 2.04 bits per heavy atom. The van der Waals surface area contributed by atoms with Gasteiger partial charge >= 0.3 is 5.63 Å². The third-order valence-electron chi connectivity index (χ3n) is 5.88. The van der Waals surface area contributed by atoms with Gasteiger partial charge in [-0.2, -0.15) is 0 Å². The number of hydrogen-bond acceptors (Lipinski definition) is 5. The van der Waals surface area contributed by atoms with Crippen LogP contribution in [-0.4, -0.2) is 29.0 Å². The Bertz CT molecular complexity index is 956. The molecule has 1 N–H and O–H groups in total. The van der Waals surface area contributed by atoms with Crippen LogP contribution in [0.2, 0.25) is 0 Å². The van der Waals surface area contributed by atoms with Crippen molar-refractivity contribution in [1.29, 1.82) is 0 Å². The van der Waals surface area contributed by atoms with Crippen LogP contribution in [0.5, 0.6) is 5.75 Å². The first kappa shape index (κ1) is 16.4. The molecule has 0 aliphatic carbocycles. The summed E-state index contributed by atoms with van der Waals surface area (Å²) in [5.74, 6) is 0.498. The van der Waals surface area contributed by atoms with Gasteiger partial charge in [0, 0.05) is 0 Å². The molecule has 25 heavy (non-hydrogen) atoms. The average molecular weight is 342 g/mol. The topological polar surface area (TPSA) is 68.9 Å². The lowest BCUT2D eigenvalue weighted by molar-refractivity contribution is -0.362. The number of aliphatic hydroxyl groups is 1. The fraction of sp³-hybridized carbons (Fsp3) is 0.450. The molecule has 1 aromatic heterocycles. The lowest BCUT2D eigenvalue weighted by Gasteiger charge is -2.64. The van der Waals surface area contributed by atoms with Crippen LogP contribution in [0.25, 0.3) is 11.0 Å². The maximum atomic E-state index is 12.8. The van der Waals surface area contributed by atoms with Gasteiger partial charge in [-0.1, -0.05) is 18.2 Å². The number of fused-ring (bicyclic) bond motifs is 3. The molecule has 132 valence electrons. The molecule has 2 aromatic rings. The Labute approximate surface area is 145 Å². The van der Waals surface area contributed by atoms with Crippen molar-refractivity contribution >= 4 is 11.0 Å². The predicted octanol–water partition coefficient (Wildman–Crippen LogP) is 2.85. The minimum absolute atomic E-state index is 0.139. The Morgan fingerprint density at radius 1 is 1.32 bits per heavy atom. The second-order valence-corrected chi connectivity index (χ2v) is 7.73. The van der Waals surface area contributed by atoms with E-state index in [9.17, 15) is 9.90 Å². The maximum absolute atomic E-state index is 12.8. The van der Waals surface area contributed by atoms with Crippen LogP contribution in [-0.2, 0) is 10.2 Å². The summed E-state index contributed by atoms with van der Waals surface area (Å²) in [6, 6.07) is 5.53. The average Bonchev–Trinajstić information content (AvgIpc) is 2.56. The summed E-state index contributed by atoms with van der Waals surface area (Å²) in [6.07, 6.45) is 0.858. The van der Waals surface area contributed by atoms with Gasteiger partial charge in [-0.15, -0.1) is 6.58 Å². The van der Waals surface area contributed by atoms with E-state index in [2.05, 4.69) is 6.58 Å². The zero-order valence-corrected chi connectivity index (χ0v) is 14.9. The lowest BCUT2D eigenvalue weighted by atomic mass is 9.59. The number of benzene rings is 1. The molecule has 0 bridgehead atoms. The molecule has 0 radical (unpaired) electrons. The van der Waals surface area contributed by atoms with Crippen molar-refractivity contribution in [3.63, 3.8) is 0 Å².